The Bertz CT molecular complexity index is 440. The molecule has 0 spiro atoms. The van der Waals surface area contributed by atoms with Gasteiger partial charge < -0.3 is 0 Å². The van der Waals surface area contributed by atoms with Gasteiger partial charge in [-0.1, -0.05) is 27.7 Å². The largest absolute Gasteiger partial charge is 0.289 e. The molecular weight excluding hydrogens is 224 g/mol. The van der Waals surface area contributed by atoms with Gasteiger partial charge in [0.25, 0.3) is 0 Å². The van der Waals surface area contributed by atoms with Crippen molar-refractivity contribution in [1.82, 2.24) is 0 Å². The van der Waals surface area contributed by atoms with E-state index >= 15 is 0 Å². The molecule has 84 valence electrons. The molecule has 0 radical (unpaired) electrons. The summed E-state index contributed by atoms with van der Waals surface area (Å²) in [5.41, 5.74) is 0.150. The van der Waals surface area contributed by atoms with Crippen LogP contribution in [0.5, 0.6) is 0 Å². The Hall–Kier alpha value is -0.670. The Morgan fingerprint density at radius 2 is 1.73 bits per heavy atom. The molecule has 3 heteroatoms. The lowest BCUT2D eigenvalue weighted by Crippen LogP contribution is -1.95. The van der Waals surface area contributed by atoms with Crippen molar-refractivity contribution in [2.24, 2.45) is 0 Å². The second-order valence-electron chi connectivity index (χ2n) is 2.34. The molecule has 1 nitrogen and oxygen atoms in total. The molecule has 0 amide bonds. The van der Waals surface area contributed by atoms with E-state index in [0.717, 1.165) is 14.3 Å². The summed E-state index contributed by atoms with van der Waals surface area (Å²) < 4.78 is 1.13. The first-order chi connectivity index (χ1) is 7.27. The van der Waals surface area contributed by atoms with Gasteiger partial charge in [-0.15, -0.1) is 22.7 Å². The first kappa shape index (κ1) is 14.3. The van der Waals surface area contributed by atoms with Crippen LogP contribution in [0.4, 0.5) is 0 Å². The third-order valence-electron chi connectivity index (χ3n) is 1.48. The number of fused-ring (bicyclic) bond motifs is 1. The van der Waals surface area contributed by atoms with Gasteiger partial charge in [0.05, 0.1) is 9.40 Å². The fourth-order valence-corrected chi connectivity index (χ4v) is 3.11. The molecule has 15 heavy (non-hydrogen) atoms. The fraction of sp³-hybridized carbons (Fsp3) is 0.417. The molecule has 2 aromatic heterocycles. The zero-order valence-electron chi connectivity index (χ0n) is 9.96. The standard InChI is InChI=1S/C8H6OS2.2C2H6/c1-5-4-7(9)6-2-3-10-8(6)11-5;2*1-2/h2-4H,1H3;2*1-2H3. The summed E-state index contributed by atoms with van der Waals surface area (Å²) in [7, 11) is 0. The van der Waals surface area contributed by atoms with Crippen molar-refractivity contribution in [3.05, 3.63) is 32.6 Å². The summed E-state index contributed by atoms with van der Waals surface area (Å²) in [4.78, 5) is 12.4. The smallest absolute Gasteiger partial charge is 0.189 e. The minimum atomic E-state index is 0.150. The van der Waals surface area contributed by atoms with Gasteiger partial charge in [-0.3, -0.25) is 4.79 Å². The SMILES string of the molecule is CC.CC.Cc1cc(=O)c2ccsc2s1. The fourth-order valence-electron chi connectivity index (χ4n) is 0.995. The summed E-state index contributed by atoms with van der Waals surface area (Å²) in [6, 6.07) is 3.58. The molecule has 2 aromatic rings. The maximum Gasteiger partial charge on any atom is 0.189 e. The summed E-state index contributed by atoms with van der Waals surface area (Å²) in [5.74, 6) is 0. The van der Waals surface area contributed by atoms with Crippen molar-refractivity contribution in [3.63, 3.8) is 0 Å². The average Bonchev–Trinajstić information content (AvgIpc) is 2.72. The second-order valence-corrected chi connectivity index (χ2v) is 4.77. The van der Waals surface area contributed by atoms with Crippen LogP contribution in [0.25, 0.3) is 9.40 Å². The number of hydrogen-bond acceptors (Lipinski definition) is 3. The van der Waals surface area contributed by atoms with E-state index < -0.39 is 0 Å². The van der Waals surface area contributed by atoms with E-state index in [0.29, 0.717) is 0 Å². The Morgan fingerprint density at radius 3 is 2.33 bits per heavy atom. The zero-order valence-corrected chi connectivity index (χ0v) is 11.6. The first-order valence-corrected chi connectivity index (χ1v) is 6.95. The van der Waals surface area contributed by atoms with E-state index in [1.54, 1.807) is 28.7 Å². The van der Waals surface area contributed by atoms with Gasteiger partial charge in [0.2, 0.25) is 0 Å². The van der Waals surface area contributed by atoms with Gasteiger partial charge in [-0.05, 0) is 24.4 Å². The zero-order chi connectivity index (χ0) is 11.8. The molecular formula is C12H18OS2. The number of rotatable bonds is 0. The molecule has 0 saturated carbocycles. The molecule has 0 unspecified atom stereocenters. The van der Waals surface area contributed by atoms with Crippen LogP contribution < -0.4 is 5.43 Å². The van der Waals surface area contributed by atoms with Gasteiger partial charge in [-0.2, -0.15) is 0 Å². The molecule has 0 aliphatic heterocycles. The molecule has 0 N–H and O–H groups in total. The predicted octanol–water partition coefficient (Wildman–Crippen LogP) is 4.68. The maximum atomic E-state index is 11.3. The maximum absolute atomic E-state index is 11.3. The van der Waals surface area contributed by atoms with Crippen LogP contribution in [-0.4, -0.2) is 0 Å². The third kappa shape index (κ3) is 3.76. The summed E-state index contributed by atoms with van der Waals surface area (Å²) >= 11 is 3.32. The molecule has 0 aliphatic carbocycles. The van der Waals surface area contributed by atoms with E-state index in [2.05, 4.69) is 0 Å². The van der Waals surface area contributed by atoms with E-state index in [9.17, 15) is 4.79 Å². The quantitative estimate of drug-likeness (QED) is 0.655. The lowest BCUT2D eigenvalue weighted by Gasteiger charge is -1.88. The highest BCUT2D eigenvalue weighted by molar-refractivity contribution is 7.37. The topological polar surface area (TPSA) is 17.1 Å². The van der Waals surface area contributed by atoms with Crippen LogP contribution in [0.2, 0.25) is 0 Å². The first-order valence-electron chi connectivity index (χ1n) is 5.25. The Kier molecular flexibility index (Phi) is 7.26. The van der Waals surface area contributed by atoms with Crippen molar-refractivity contribution < 1.29 is 0 Å². The number of thiophene rings is 1. The Labute approximate surface area is 99.4 Å². The highest BCUT2D eigenvalue weighted by atomic mass is 32.2. The van der Waals surface area contributed by atoms with Crippen LogP contribution in [0.3, 0.4) is 0 Å². The molecule has 0 aliphatic rings. The highest BCUT2D eigenvalue weighted by Crippen LogP contribution is 2.23. The molecule has 2 rings (SSSR count). The summed E-state index contributed by atoms with van der Waals surface area (Å²) in [6.07, 6.45) is 0. The van der Waals surface area contributed by atoms with E-state index in [4.69, 9.17) is 0 Å². The van der Waals surface area contributed by atoms with E-state index in [1.807, 2.05) is 46.1 Å². The molecule has 0 aromatic carbocycles. The van der Waals surface area contributed by atoms with Gasteiger partial charge >= 0.3 is 0 Å². The number of aryl methyl sites for hydroxylation is 1. The van der Waals surface area contributed by atoms with Gasteiger partial charge in [0, 0.05) is 4.88 Å². The number of hydrogen-bond donors (Lipinski definition) is 0. The van der Waals surface area contributed by atoms with Gasteiger partial charge in [0.15, 0.2) is 5.43 Å². The summed E-state index contributed by atoms with van der Waals surface area (Å²) in [5, 5.41) is 2.83. The van der Waals surface area contributed by atoms with Gasteiger partial charge in [-0.25, -0.2) is 0 Å². The van der Waals surface area contributed by atoms with Crippen molar-refractivity contribution in [2.45, 2.75) is 34.6 Å². The van der Waals surface area contributed by atoms with E-state index in [1.165, 1.54) is 0 Å². The third-order valence-corrected chi connectivity index (χ3v) is 3.57. The van der Waals surface area contributed by atoms with Crippen molar-refractivity contribution in [3.8, 4) is 0 Å². The van der Waals surface area contributed by atoms with Gasteiger partial charge in [0.1, 0.15) is 0 Å². The minimum absolute atomic E-state index is 0.150. The van der Waals surface area contributed by atoms with Crippen LogP contribution >= 0.6 is 22.7 Å². The van der Waals surface area contributed by atoms with Crippen LogP contribution in [0.1, 0.15) is 32.6 Å². The minimum Gasteiger partial charge on any atom is -0.289 e. The van der Waals surface area contributed by atoms with Crippen LogP contribution in [0.15, 0.2) is 22.3 Å². The van der Waals surface area contributed by atoms with Crippen LogP contribution in [0, 0.1) is 6.92 Å². The Balaban J connectivity index is 0.000000442. The Morgan fingerprint density at radius 1 is 1.13 bits per heavy atom. The van der Waals surface area contributed by atoms with Crippen molar-refractivity contribution in [1.29, 1.82) is 0 Å². The van der Waals surface area contributed by atoms with Crippen LogP contribution in [-0.2, 0) is 0 Å². The molecule has 0 fully saturated rings. The highest BCUT2D eigenvalue weighted by Gasteiger charge is 1.99. The van der Waals surface area contributed by atoms with Crippen molar-refractivity contribution in [2.75, 3.05) is 0 Å². The monoisotopic (exact) mass is 242 g/mol. The van der Waals surface area contributed by atoms with E-state index in [-0.39, 0.29) is 5.43 Å². The lowest BCUT2D eigenvalue weighted by molar-refractivity contribution is 1.50. The molecule has 0 atom stereocenters. The molecule has 2 heterocycles. The van der Waals surface area contributed by atoms with Crippen molar-refractivity contribution >= 4 is 32.1 Å². The summed E-state index contributed by atoms with van der Waals surface area (Å²) in [6.45, 7) is 9.96. The predicted molar refractivity (Wildman–Crippen MR) is 73.4 cm³/mol. The molecule has 0 bridgehead atoms. The normalized spacial score (nSPS) is 8.60. The second kappa shape index (κ2) is 7.60. The lowest BCUT2D eigenvalue weighted by atomic mass is 10.3. The average molecular weight is 242 g/mol. The molecule has 0 saturated heterocycles.